The largest absolute Gasteiger partial charge is 0.497 e. The van der Waals surface area contributed by atoms with Crippen molar-refractivity contribution in [2.45, 2.75) is 84.0 Å². The molecule has 2 fully saturated rings. The lowest BCUT2D eigenvalue weighted by atomic mass is 9.86. The number of benzene rings is 2. The third-order valence-corrected chi connectivity index (χ3v) is 8.68. The quantitative estimate of drug-likeness (QED) is 0.262. The summed E-state index contributed by atoms with van der Waals surface area (Å²) in [5.74, 6) is 2.85. The molecule has 2 amide bonds. The second kappa shape index (κ2) is 13.0. The van der Waals surface area contributed by atoms with Crippen LogP contribution in [0.2, 0.25) is 0 Å². The molecule has 0 spiro atoms. The molecule has 1 saturated carbocycles. The van der Waals surface area contributed by atoms with Gasteiger partial charge in [0.1, 0.15) is 36.1 Å². The fourth-order valence-electron chi connectivity index (χ4n) is 6.18. The molecule has 6 rings (SSSR count). The molecule has 2 aliphatic heterocycles. The van der Waals surface area contributed by atoms with Crippen LogP contribution in [0.3, 0.4) is 0 Å². The number of piperidine rings is 1. The second-order valence-electron chi connectivity index (χ2n) is 13.3. The van der Waals surface area contributed by atoms with Gasteiger partial charge in [0.05, 0.1) is 12.8 Å². The van der Waals surface area contributed by atoms with Gasteiger partial charge in [-0.05, 0) is 93.3 Å². The summed E-state index contributed by atoms with van der Waals surface area (Å²) in [7, 11) is 1.65. The number of likely N-dealkylation sites (tertiary alicyclic amines) is 1. The van der Waals surface area contributed by atoms with Gasteiger partial charge in [0.15, 0.2) is 0 Å². The average Bonchev–Trinajstić information content (AvgIpc) is 3.86. The molecule has 1 aromatic heterocycles. The van der Waals surface area contributed by atoms with Gasteiger partial charge in [-0.3, -0.25) is 5.32 Å². The van der Waals surface area contributed by atoms with E-state index in [1.807, 2.05) is 57.2 Å². The Morgan fingerprint density at radius 2 is 1.91 bits per heavy atom. The van der Waals surface area contributed by atoms with Crippen LogP contribution in [0, 0.1) is 5.92 Å². The molecule has 1 aliphatic carbocycles. The summed E-state index contributed by atoms with van der Waals surface area (Å²) in [6.45, 7) is 7.33. The van der Waals surface area contributed by atoms with Crippen LogP contribution in [0.25, 0.3) is 11.3 Å². The number of fused-ring (bicyclic) bond motifs is 1. The van der Waals surface area contributed by atoms with E-state index < -0.39 is 11.7 Å². The van der Waals surface area contributed by atoms with Gasteiger partial charge in [0, 0.05) is 30.1 Å². The van der Waals surface area contributed by atoms with Crippen LogP contribution in [0.4, 0.5) is 15.4 Å². The van der Waals surface area contributed by atoms with E-state index in [1.54, 1.807) is 12.0 Å². The molecule has 9 heteroatoms. The van der Waals surface area contributed by atoms with Crippen molar-refractivity contribution in [3.63, 3.8) is 0 Å². The molecular formula is C36H43N3O6. The SMILES string of the molecule is COc1ccc(COc2cccc(CCC3CC3)c2-c2cc(C3CCCN(C(=O)OC(C)(C)C)C3)c3c(n2)NC(=O)OC3)cc1. The number of anilines is 1. The number of nitrogens with one attached hydrogen (secondary N) is 1. The zero-order valence-electron chi connectivity index (χ0n) is 26.7. The number of pyridine rings is 1. The minimum atomic E-state index is -0.572. The number of ether oxygens (including phenoxy) is 4. The molecule has 238 valence electrons. The van der Waals surface area contributed by atoms with Crippen LogP contribution in [-0.2, 0) is 29.1 Å². The number of rotatable bonds is 9. The number of carbonyl (C=O) groups is 2. The minimum Gasteiger partial charge on any atom is -0.497 e. The molecule has 1 saturated heterocycles. The molecule has 3 aromatic rings. The number of hydrogen-bond acceptors (Lipinski definition) is 7. The van der Waals surface area contributed by atoms with Crippen LogP contribution in [0.1, 0.15) is 81.0 Å². The van der Waals surface area contributed by atoms with Gasteiger partial charge in [0.25, 0.3) is 0 Å². The Morgan fingerprint density at radius 3 is 2.64 bits per heavy atom. The van der Waals surface area contributed by atoms with Gasteiger partial charge in [-0.25, -0.2) is 14.6 Å². The Labute approximate surface area is 265 Å². The normalized spacial score (nSPS) is 18.0. The molecule has 45 heavy (non-hydrogen) atoms. The van der Waals surface area contributed by atoms with Crippen molar-refractivity contribution < 1.29 is 28.5 Å². The van der Waals surface area contributed by atoms with E-state index in [0.717, 1.165) is 71.0 Å². The Morgan fingerprint density at radius 1 is 1.11 bits per heavy atom. The van der Waals surface area contributed by atoms with Gasteiger partial charge in [0.2, 0.25) is 0 Å². The first-order valence-electron chi connectivity index (χ1n) is 16.0. The maximum atomic E-state index is 13.0. The predicted octanol–water partition coefficient (Wildman–Crippen LogP) is 7.86. The highest BCUT2D eigenvalue weighted by Crippen LogP contribution is 2.42. The zero-order valence-corrected chi connectivity index (χ0v) is 26.7. The fourth-order valence-corrected chi connectivity index (χ4v) is 6.18. The Balaban J connectivity index is 1.37. The highest BCUT2D eigenvalue weighted by atomic mass is 16.6. The van der Waals surface area contributed by atoms with E-state index in [0.29, 0.717) is 25.5 Å². The maximum absolute atomic E-state index is 13.0. The first-order chi connectivity index (χ1) is 21.7. The molecule has 3 aliphatic rings. The smallest absolute Gasteiger partial charge is 0.413 e. The lowest BCUT2D eigenvalue weighted by Crippen LogP contribution is -2.42. The third kappa shape index (κ3) is 7.52. The van der Waals surface area contributed by atoms with Crippen LogP contribution in [0.15, 0.2) is 48.5 Å². The van der Waals surface area contributed by atoms with Crippen molar-refractivity contribution in [3.8, 4) is 22.8 Å². The highest BCUT2D eigenvalue weighted by molar-refractivity contribution is 5.87. The third-order valence-electron chi connectivity index (χ3n) is 8.68. The molecule has 0 radical (unpaired) electrons. The van der Waals surface area contributed by atoms with Crippen molar-refractivity contribution in [2.75, 3.05) is 25.5 Å². The van der Waals surface area contributed by atoms with Crippen molar-refractivity contribution in [1.29, 1.82) is 0 Å². The highest BCUT2D eigenvalue weighted by Gasteiger charge is 2.33. The summed E-state index contributed by atoms with van der Waals surface area (Å²) in [6.07, 6.45) is 5.52. The van der Waals surface area contributed by atoms with E-state index >= 15 is 0 Å². The van der Waals surface area contributed by atoms with E-state index in [-0.39, 0.29) is 18.6 Å². The minimum absolute atomic E-state index is 0.0302. The van der Waals surface area contributed by atoms with Crippen LogP contribution in [0.5, 0.6) is 11.5 Å². The molecule has 0 bridgehead atoms. The Bertz CT molecular complexity index is 1540. The van der Waals surface area contributed by atoms with Crippen LogP contribution in [-0.4, -0.2) is 47.9 Å². The lowest BCUT2D eigenvalue weighted by Gasteiger charge is -2.35. The van der Waals surface area contributed by atoms with Gasteiger partial charge in [-0.1, -0.05) is 37.1 Å². The summed E-state index contributed by atoms with van der Waals surface area (Å²) in [4.78, 5) is 32.2. The zero-order chi connectivity index (χ0) is 31.6. The Hall–Kier alpha value is -4.27. The van der Waals surface area contributed by atoms with Crippen molar-refractivity contribution in [3.05, 3.63) is 70.8 Å². The Kier molecular flexibility index (Phi) is 8.88. The lowest BCUT2D eigenvalue weighted by molar-refractivity contribution is 0.0198. The number of amides is 2. The first kappa shape index (κ1) is 30.7. The number of hydrogen-bond donors (Lipinski definition) is 1. The number of aryl methyl sites for hydroxylation is 1. The number of cyclic esters (lactones) is 1. The van der Waals surface area contributed by atoms with E-state index in [2.05, 4.69) is 17.4 Å². The number of carbonyl (C=O) groups excluding carboxylic acids is 2. The summed E-state index contributed by atoms with van der Waals surface area (Å²) in [6, 6.07) is 16.2. The van der Waals surface area contributed by atoms with Gasteiger partial charge < -0.3 is 23.8 Å². The van der Waals surface area contributed by atoms with E-state index in [9.17, 15) is 9.59 Å². The predicted molar refractivity (Wildman–Crippen MR) is 172 cm³/mol. The molecule has 1 N–H and O–H groups in total. The molecule has 9 nitrogen and oxygen atoms in total. The van der Waals surface area contributed by atoms with Gasteiger partial charge in [-0.15, -0.1) is 0 Å². The number of methoxy groups -OCH3 is 1. The van der Waals surface area contributed by atoms with Crippen molar-refractivity contribution >= 4 is 18.0 Å². The summed E-state index contributed by atoms with van der Waals surface area (Å²) in [5, 5.41) is 2.85. The number of aromatic nitrogens is 1. The van der Waals surface area contributed by atoms with Crippen LogP contribution < -0.4 is 14.8 Å². The van der Waals surface area contributed by atoms with Crippen molar-refractivity contribution in [1.82, 2.24) is 9.88 Å². The molecule has 1 atom stereocenters. The maximum Gasteiger partial charge on any atom is 0.413 e. The van der Waals surface area contributed by atoms with Gasteiger partial charge in [-0.2, -0.15) is 0 Å². The van der Waals surface area contributed by atoms with E-state index in [1.165, 1.54) is 18.4 Å². The standard InChI is InChI=1S/C36H43N3O6/c1-36(2,3)45-35(41)39-18-6-8-26(20-39)28-19-30(37-33-29(28)22-44-34(40)38-33)32-25(15-12-23-10-11-23)7-5-9-31(32)43-21-24-13-16-27(42-4)17-14-24/h5,7,9,13-14,16-17,19,23,26H,6,8,10-12,15,18,20-22H2,1-4H3,(H,37,38,40). The second-order valence-corrected chi connectivity index (χ2v) is 13.3. The molecule has 3 heterocycles. The molecule has 2 aromatic carbocycles. The molecule has 1 unspecified atom stereocenters. The van der Waals surface area contributed by atoms with E-state index in [4.69, 9.17) is 23.9 Å². The topological polar surface area (TPSA) is 99.2 Å². The number of nitrogens with zero attached hydrogens (tertiary/aromatic N) is 2. The van der Waals surface area contributed by atoms with Crippen molar-refractivity contribution in [2.24, 2.45) is 5.92 Å². The monoisotopic (exact) mass is 613 g/mol. The summed E-state index contributed by atoms with van der Waals surface area (Å²) >= 11 is 0. The first-order valence-corrected chi connectivity index (χ1v) is 16.0. The van der Waals surface area contributed by atoms with Gasteiger partial charge >= 0.3 is 12.2 Å². The molecular weight excluding hydrogens is 570 g/mol. The average molecular weight is 614 g/mol. The summed E-state index contributed by atoms with van der Waals surface area (Å²) < 4.78 is 22.9. The van der Waals surface area contributed by atoms with Crippen LogP contribution >= 0.6 is 0 Å². The summed E-state index contributed by atoms with van der Waals surface area (Å²) in [5.41, 5.74) is 5.19. The fraction of sp³-hybridized carbons (Fsp3) is 0.472.